The minimum atomic E-state index is -3.86. The number of carbonyl (C=O) groups is 1. The molecule has 7 heteroatoms. The minimum Gasteiger partial charge on any atom is -0.324 e. The Hall–Kier alpha value is -2.83. The van der Waals surface area contributed by atoms with Crippen LogP contribution in [0.1, 0.15) is 5.56 Å². The van der Waals surface area contributed by atoms with E-state index < -0.39 is 15.9 Å². The van der Waals surface area contributed by atoms with Gasteiger partial charge in [0, 0.05) is 21.8 Å². The van der Waals surface area contributed by atoms with Crippen molar-refractivity contribution in [1.29, 1.82) is 0 Å². The summed E-state index contributed by atoms with van der Waals surface area (Å²) >= 11 is 6.00. The highest BCUT2D eigenvalue weighted by molar-refractivity contribution is 7.93. The zero-order valence-corrected chi connectivity index (χ0v) is 16.6. The van der Waals surface area contributed by atoms with Crippen molar-refractivity contribution in [2.24, 2.45) is 0 Å². The Labute approximate surface area is 168 Å². The summed E-state index contributed by atoms with van der Waals surface area (Å²) in [6, 6.07) is 19.2. The van der Waals surface area contributed by atoms with Crippen molar-refractivity contribution in [1.82, 2.24) is 0 Å². The number of halogens is 1. The molecule has 0 aromatic heterocycles. The molecule has 5 nitrogen and oxygen atoms in total. The van der Waals surface area contributed by atoms with E-state index in [2.05, 4.69) is 5.32 Å². The number of para-hydroxylation sites is 1. The largest absolute Gasteiger partial charge is 0.324 e. The van der Waals surface area contributed by atoms with E-state index in [0.717, 1.165) is 15.4 Å². The Bertz CT molecular complexity index is 1190. The van der Waals surface area contributed by atoms with Crippen molar-refractivity contribution in [3.63, 3.8) is 0 Å². The zero-order valence-electron chi connectivity index (χ0n) is 15.0. The van der Waals surface area contributed by atoms with E-state index in [1.807, 2.05) is 19.1 Å². The molecule has 1 heterocycles. The number of fused-ring (bicyclic) bond motifs is 3. The number of hydrogen-bond donors (Lipinski definition) is 1. The molecule has 0 saturated carbocycles. The van der Waals surface area contributed by atoms with E-state index in [-0.39, 0.29) is 11.4 Å². The van der Waals surface area contributed by atoms with Crippen molar-refractivity contribution in [2.75, 3.05) is 16.2 Å². The van der Waals surface area contributed by atoms with Gasteiger partial charge >= 0.3 is 0 Å². The Morgan fingerprint density at radius 1 is 1.00 bits per heavy atom. The fourth-order valence-electron chi connectivity index (χ4n) is 3.30. The van der Waals surface area contributed by atoms with Gasteiger partial charge < -0.3 is 5.32 Å². The number of carbonyl (C=O) groups excluding carboxylic acids is 1. The lowest BCUT2D eigenvalue weighted by molar-refractivity contribution is -0.114. The first-order chi connectivity index (χ1) is 13.4. The summed E-state index contributed by atoms with van der Waals surface area (Å²) in [6.45, 7) is 1.51. The summed E-state index contributed by atoms with van der Waals surface area (Å²) < 4.78 is 27.6. The van der Waals surface area contributed by atoms with Crippen LogP contribution in [0, 0.1) is 6.92 Å². The number of nitrogens with one attached hydrogen (secondary N) is 1. The highest BCUT2D eigenvalue weighted by Crippen LogP contribution is 2.42. The molecule has 3 aromatic rings. The Kier molecular flexibility index (Phi) is 4.61. The first-order valence-electron chi connectivity index (χ1n) is 8.65. The van der Waals surface area contributed by atoms with Crippen LogP contribution >= 0.6 is 11.6 Å². The highest BCUT2D eigenvalue weighted by atomic mass is 35.5. The first kappa shape index (κ1) is 18.5. The number of amides is 1. The fraction of sp³-hybridized carbons (Fsp3) is 0.0952. The summed E-state index contributed by atoms with van der Waals surface area (Å²) in [6.07, 6.45) is 0. The molecule has 0 aliphatic carbocycles. The SMILES string of the molecule is Cc1ccc(Cl)cc1NC(=O)CN1c2ccccc2-c2ccccc2S1(=O)=O. The molecule has 0 radical (unpaired) electrons. The lowest BCUT2D eigenvalue weighted by atomic mass is 10.0. The monoisotopic (exact) mass is 412 g/mol. The van der Waals surface area contributed by atoms with Gasteiger partial charge in [0.05, 0.1) is 10.6 Å². The van der Waals surface area contributed by atoms with Crippen LogP contribution in [0.5, 0.6) is 0 Å². The van der Waals surface area contributed by atoms with Crippen molar-refractivity contribution in [3.05, 3.63) is 77.3 Å². The molecular formula is C21H17ClN2O3S. The number of nitrogens with zero attached hydrogens (tertiary/aromatic N) is 1. The van der Waals surface area contributed by atoms with E-state index in [1.54, 1.807) is 54.6 Å². The van der Waals surface area contributed by atoms with Crippen LogP contribution in [0.15, 0.2) is 71.6 Å². The third-order valence-electron chi connectivity index (χ3n) is 4.68. The van der Waals surface area contributed by atoms with Crippen LogP contribution in [0.25, 0.3) is 11.1 Å². The van der Waals surface area contributed by atoms with Crippen LogP contribution in [0.4, 0.5) is 11.4 Å². The quantitative estimate of drug-likeness (QED) is 0.690. The standard InChI is InChI=1S/C21H17ClN2O3S/c1-14-10-11-15(22)12-18(14)23-21(25)13-24-19-8-4-2-6-16(19)17-7-3-5-9-20(17)28(24,26)27/h2-12H,13H2,1H3,(H,23,25). The third-order valence-corrected chi connectivity index (χ3v) is 6.73. The van der Waals surface area contributed by atoms with Gasteiger partial charge in [-0.1, -0.05) is 54.1 Å². The van der Waals surface area contributed by atoms with Crippen LogP contribution < -0.4 is 9.62 Å². The molecule has 0 unspecified atom stereocenters. The Morgan fingerprint density at radius 3 is 2.46 bits per heavy atom. The molecule has 1 aliphatic rings. The zero-order chi connectivity index (χ0) is 19.9. The van der Waals surface area contributed by atoms with Gasteiger partial charge in [-0.3, -0.25) is 9.10 Å². The van der Waals surface area contributed by atoms with E-state index >= 15 is 0 Å². The summed E-state index contributed by atoms with van der Waals surface area (Å²) in [5.74, 6) is -0.442. The van der Waals surface area contributed by atoms with E-state index in [0.29, 0.717) is 22.0 Å². The van der Waals surface area contributed by atoms with Crippen LogP contribution in [-0.4, -0.2) is 20.9 Å². The van der Waals surface area contributed by atoms with Crippen LogP contribution in [0.3, 0.4) is 0 Å². The van der Waals surface area contributed by atoms with Gasteiger partial charge in [-0.15, -0.1) is 0 Å². The number of rotatable bonds is 3. The number of anilines is 2. The second-order valence-electron chi connectivity index (χ2n) is 6.53. The fourth-order valence-corrected chi connectivity index (χ4v) is 5.12. The normalized spacial score (nSPS) is 14.1. The van der Waals surface area contributed by atoms with Gasteiger partial charge in [0.15, 0.2) is 0 Å². The van der Waals surface area contributed by atoms with Gasteiger partial charge in [-0.05, 0) is 36.8 Å². The summed E-state index contributed by atoms with van der Waals surface area (Å²) in [7, 11) is -3.86. The molecule has 0 saturated heterocycles. The molecule has 0 atom stereocenters. The minimum absolute atomic E-state index is 0.195. The molecule has 142 valence electrons. The van der Waals surface area contributed by atoms with E-state index in [4.69, 9.17) is 11.6 Å². The number of sulfonamides is 1. The molecule has 1 amide bonds. The maximum atomic E-state index is 13.2. The maximum Gasteiger partial charge on any atom is 0.265 e. The Morgan fingerprint density at radius 2 is 1.68 bits per heavy atom. The van der Waals surface area contributed by atoms with Gasteiger partial charge in [-0.2, -0.15) is 0 Å². The van der Waals surface area contributed by atoms with Gasteiger partial charge in [0.2, 0.25) is 5.91 Å². The second kappa shape index (κ2) is 6.96. The van der Waals surface area contributed by atoms with Crippen molar-refractivity contribution >= 4 is 38.9 Å². The van der Waals surface area contributed by atoms with Crippen LogP contribution in [-0.2, 0) is 14.8 Å². The lowest BCUT2D eigenvalue weighted by Crippen LogP contribution is -2.40. The summed E-state index contributed by atoms with van der Waals surface area (Å²) in [4.78, 5) is 12.9. The first-order valence-corrected chi connectivity index (χ1v) is 10.5. The predicted molar refractivity (Wildman–Crippen MR) is 111 cm³/mol. The third kappa shape index (κ3) is 3.15. The molecule has 0 spiro atoms. The molecular weight excluding hydrogens is 396 g/mol. The van der Waals surface area contributed by atoms with Gasteiger partial charge in [0.25, 0.3) is 10.0 Å². The molecule has 0 fully saturated rings. The van der Waals surface area contributed by atoms with Crippen molar-refractivity contribution in [2.45, 2.75) is 11.8 Å². The van der Waals surface area contributed by atoms with Crippen molar-refractivity contribution in [3.8, 4) is 11.1 Å². The second-order valence-corrected chi connectivity index (χ2v) is 8.80. The molecule has 1 aliphatic heterocycles. The predicted octanol–water partition coefficient (Wildman–Crippen LogP) is 4.46. The maximum absolute atomic E-state index is 13.2. The van der Waals surface area contributed by atoms with Crippen molar-refractivity contribution < 1.29 is 13.2 Å². The average Bonchev–Trinajstić information content (AvgIpc) is 2.68. The number of hydrogen-bond acceptors (Lipinski definition) is 3. The highest BCUT2D eigenvalue weighted by Gasteiger charge is 2.35. The molecule has 28 heavy (non-hydrogen) atoms. The van der Waals surface area contributed by atoms with E-state index in [9.17, 15) is 13.2 Å². The average molecular weight is 413 g/mol. The molecule has 4 rings (SSSR count). The number of aryl methyl sites for hydroxylation is 1. The van der Waals surface area contributed by atoms with E-state index in [1.165, 1.54) is 0 Å². The van der Waals surface area contributed by atoms with Gasteiger partial charge in [0.1, 0.15) is 6.54 Å². The topological polar surface area (TPSA) is 66.5 Å². The molecule has 3 aromatic carbocycles. The van der Waals surface area contributed by atoms with Crippen LogP contribution in [0.2, 0.25) is 5.02 Å². The van der Waals surface area contributed by atoms with Gasteiger partial charge in [-0.25, -0.2) is 8.42 Å². The molecule has 0 bridgehead atoms. The molecule has 1 N–H and O–H groups in total. The lowest BCUT2D eigenvalue weighted by Gasteiger charge is -2.31. The Balaban J connectivity index is 1.71. The summed E-state index contributed by atoms with van der Waals surface area (Å²) in [5.41, 5.74) is 3.30. The number of benzene rings is 3. The smallest absolute Gasteiger partial charge is 0.265 e. The summed E-state index contributed by atoms with van der Waals surface area (Å²) in [5, 5.41) is 3.25.